The number of anilines is 2. The van der Waals surface area contributed by atoms with E-state index in [9.17, 15) is 4.79 Å². The van der Waals surface area contributed by atoms with Crippen LogP contribution in [0.15, 0.2) is 36.7 Å². The highest BCUT2D eigenvalue weighted by Crippen LogP contribution is 2.37. The molecule has 0 spiro atoms. The molecule has 7 heteroatoms. The van der Waals surface area contributed by atoms with Crippen LogP contribution in [0.5, 0.6) is 0 Å². The third-order valence-corrected chi connectivity index (χ3v) is 5.86. The summed E-state index contributed by atoms with van der Waals surface area (Å²) in [6.07, 6.45) is 5.92. The highest BCUT2D eigenvalue weighted by molar-refractivity contribution is 6.30. The van der Waals surface area contributed by atoms with Crippen molar-refractivity contribution < 1.29 is 4.79 Å². The second-order valence-electron chi connectivity index (χ2n) is 7.59. The number of piperidine rings is 1. The number of halogens is 1. The maximum absolute atomic E-state index is 12.2. The summed E-state index contributed by atoms with van der Waals surface area (Å²) in [4.78, 5) is 25.5. The van der Waals surface area contributed by atoms with E-state index >= 15 is 0 Å². The van der Waals surface area contributed by atoms with E-state index in [-0.39, 0.29) is 5.91 Å². The maximum atomic E-state index is 12.2. The van der Waals surface area contributed by atoms with Gasteiger partial charge in [0.2, 0.25) is 5.91 Å². The van der Waals surface area contributed by atoms with Gasteiger partial charge in [-0.2, -0.15) is 0 Å². The van der Waals surface area contributed by atoms with Crippen molar-refractivity contribution >= 4 is 29.1 Å². The van der Waals surface area contributed by atoms with Crippen molar-refractivity contribution in [3.05, 3.63) is 47.2 Å². The van der Waals surface area contributed by atoms with Gasteiger partial charge in [0.05, 0.1) is 5.41 Å². The average molecular weight is 386 g/mol. The second kappa shape index (κ2) is 7.35. The number of hydrogen-bond acceptors (Lipinski definition) is 5. The van der Waals surface area contributed by atoms with Crippen LogP contribution in [0.4, 0.5) is 11.6 Å². The van der Waals surface area contributed by atoms with E-state index in [0.717, 1.165) is 30.3 Å². The Kier molecular flexibility index (Phi) is 4.91. The first-order chi connectivity index (χ1) is 13.1. The van der Waals surface area contributed by atoms with Gasteiger partial charge < -0.3 is 15.5 Å². The zero-order valence-electron chi connectivity index (χ0n) is 15.3. The van der Waals surface area contributed by atoms with E-state index in [1.54, 1.807) is 6.33 Å². The molecule has 27 heavy (non-hydrogen) atoms. The van der Waals surface area contributed by atoms with Crippen LogP contribution < -0.4 is 15.5 Å². The average Bonchev–Trinajstić information content (AvgIpc) is 2.66. The minimum absolute atomic E-state index is 0.265. The number of nitrogens with zero attached hydrogens (tertiary/aromatic N) is 4. The molecule has 0 unspecified atom stereocenters. The van der Waals surface area contributed by atoms with Crippen LogP contribution in [-0.4, -0.2) is 42.1 Å². The van der Waals surface area contributed by atoms with Gasteiger partial charge in [-0.3, -0.25) is 4.79 Å². The number of amides is 1. The van der Waals surface area contributed by atoms with Gasteiger partial charge in [0.15, 0.2) is 0 Å². The molecule has 0 bridgehead atoms. The summed E-state index contributed by atoms with van der Waals surface area (Å²) in [6.45, 7) is 3.22. The van der Waals surface area contributed by atoms with Crippen molar-refractivity contribution in [1.29, 1.82) is 0 Å². The van der Waals surface area contributed by atoms with Crippen LogP contribution in [0.1, 0.15) is 24.8 Å². The molecule has 0 aliphatic carbocycles. The van der Waals surface area contributed by atoms with E-state index in [1.807, 2.05) is 30.3 Å². The van der Waals surface area contributed by atoms with E-state index in [1.165, 1.54) is 19.3 Å². The lowest BCUT2D eigenvalue weighted by Gasteiger charge is -2.49. The van der Waals surface area contributed by atoms with Gasteiger partial charge in [-0.15, -0.1) is 0 Å². The molecule has 4 rings (SSSR count). The predicted molar refractivity (Wildman–Crippen MR) is 107 cm³/mol. The molecule has 0 saturated carbocycles. The van der Waals surface area contributed by atoms with Gasteiger partial charge in [0, 0.05) is 37.3 Å². The first kappa shape index (κ1) is 18.0. The van der Waals surface area contributed by atoms with Gasteiger partial charge in [0.25, 0.3) is 0 Å². The van der Waals surface area contributed by atoms with Gasteiger partial charge in [-0.05, 0) is 43.4 Å². The molecular formula is C20H24ClN5O. The van der Waals surface area contributed by atoms with Crippen LogP contribution in [0.25, 0.3) is 0 Å². The molecule has 142 valence electrons. The molecule has 1 aromatic carbocycles. The predicted octanol–water partition coefficient (Wildman–Crippen LogP) is 2.65. The SMILES string of the molecule is NC(=O)C1(Cc2ccc(Cl)cc2)CN(c2cc(N3CCCCC3)ncn2)C1. The molecule has 1 aromatic heterocycles. The van der Waals surface area contributed by atoms with Crippen LogP contribution in [-0.2, 0) is 11.2 Å². The summed E-state index contributed by atoms with van der Waals surface area (Å²) >= 11 is 5.96. The molecule has 2 aliphatic rings. The summed E-state index contributed by atoms with van der Waals surface area (Å²) in [5.41, 5.74) is 6.26. The first-order valence-corrected chi connectivity index (χ1v) is 9.80. The highest BCUT2D eigenvalue weighted by Gasteiger charge is 2.48. The molecule has 0 radical (unpaired) electrons. The fraction of sp³-hybridized carbons (Fsp3) is 0.450. The summed E-state index contributed by atoms with van der Waals surface area (Å²) in [5, 5.41) is 0.688. The fourth-order valence-corrected chi connectivity index (χ4v) is 4.13. The van der Waals surface area contributed by atoms with E-state index < -0.39 is 5.41 Å². The summed E-state index contributed by atoms with van der Waals surface area (Å²) in [6, 6.07) is 9.62. The number of hydrogen-bond donors (Lipinski definition) is 1. The molecule has 3 heterocycles. The summed E-state index contributed by atoms with van der Waals surface area (Å²) in [7, 11) is 0. The van der Waals surface area contributed by atoms with Crippen LogP contribution in [0.3, 0.4) is 0 Å². The highest BCUT2D eigenvalue weighted by atomic mass is 35.5. The van der Waals surface area contributed by atoms with Crippen LogP contribution in [0, 0.1) is 5.41 Å². The number of rotatable bonds is 5. The number of carbonyl (C=O) groups is 1. The number of aromatic nitrogens is 2. The van der Waals surface area contributed by atoms with E-state index in [2.05, 4.69) is 19.8 Å². The van der Waals surface area contributed by atoms with Crippen molar-refractivity contribution in [2.24, 2.45) is 11.1 Å². The van der Waals surface area contributed by atoms with Crippen molar-refractivity contribution in [2.75, 3.05) is 36.0 Å². The van der Waals surface area contributed by atoms with Crippen molar-refractivity contribution in [3.63, 3.8) is 0 Å². The Morgan fingerprint density at radius 2 is 1.67 bits per heavy atom. The molecule has 1 amide bonds. The Morgan fingerprint density at radius 3 is 2.30 bits per heavy atom. The third-order valence-electron chi connectivity index (χ3n) is 5.61. The lowest BCUT2D eigenvalue weighted by molar-refractivity contribution is -0.129. The minimum atomic E-state index is -0.565. The van der Waals surface area contributed by atoms with Gasteiger partial charge in [-0.25, -0.2) is 9.97 Å². The zero-order valence-corrected chi connectivity index (χ0v) is 16.0. The monoisotopic (exact) mass is 385 g/mol. The molecule has 6 nitrogen and oxygen atoms in total. The molecule has 2 aliphatic heterocycles. The second-order valence-corrected chi connectivity index (χ2v) is 8.02. The summed E-state index contributed by atoms with van der Waals surface area (Å²) in [5.74, 6) is 1.56. The normalized spacial score (nSPS) is 18.9. The van der Waals surface area contributed by atoms with E-state index in [4.69, 9.17) is 17.3 Å². The zero-order chi connectivity index (χ0) is 18.9. The quantitative estimate of drug-likeness (QED) is 0.856. The number of carbonyl (C=O) groups excluding carboxylic acids is 1. The third kappa shape index (κ3) is 3.72. The van der Waals surface area contributed by atoms with Gasteiger partial charge >= 0.3 is 0 Å². The van der Waals surface area contributed by atoms with Crippen molar-refractivity contribution in [2.45, 2.75) is 25.7 Å². The molecule has 2 aromatic rings. The molecule has 0 atom stereocenters. The minimum Gasteiger partial charge on any atom is -0.369 e. The number of benzene rings is 1. The topological polar surface area (TPSA) is 75.4 Å². The first-order valence-electron chi connectivity index (χ1n) is 9.42. The number of nitrogens with two attached hydrogens (primary N) is 1. The lowest BCUT2D eigenvalue weighted by Crippen LogP contribution is -2.64. The van der Waals surface area contributed by atoms with Crippen molar-refractivity contribution in [1.82, 2.24) is 9.97 Å². The van der Waals surface area contributed by atoms with Crippen LogP contribution in [0.2, 0.25) is 5.02 Å². The molecule has 2 N–H and O–H groups in total. The Morgan fingerprint density at radius 1 is 1.04 bits per heavy atom. The maximum Gasteiger partial charge on any atom is 0.227 e. The smallest absolute Gasteiger partial charge is 0.227 e. The molecule has 2 fully saturated rings. The fourth-order valence-electron chi connectivity index (χ4n) is 4.00. The summed E-state index contributed by atoms with van der Waals surface area (Å²) < 4.78 is 0. The standard InChI is InChI=1S/C20H24ClN5O/c21-16-6-4-15(5-7-16)11-20(19(22)27)12-26(13-20)18-10-17(23-14-24-18)25-8-2-1-3-9-25/h4-7,10,14H,1-3,8-9,11-13H2,(H2,22,27). The largest absolute Gasteiger partial charge is 0.369 e. The molecule has 2 saturated heterocycles. The molecular weight excluding hydrogens is 362 g/mol. The number of primary amides is 1. The van der Waals surface area contributed by atoms with Crippen molar-refractivity contribution in [3.8, 4) is 0 Å². The van der Waals surface area contributed by atoms with E-state index in [0.29, 0.717) is 24.5 Å². The van der Waals surface area contributed by atoms with Crippen LogP contribution >= 0.6 is 11.6 Å². The Bertz CT molecular complexity index is 813. The lowest BCUT2D eigenvalue weighted by atomic mass is 9.74. The van der Waals surface area contributed by atoms with Gasteiger partial charge in [-0.1, -0.05) is 23.7 Å². The Hall–Kier alpha value is -2.34. The Balaban J connectivity index is 1.47. The van der Waals surface area contributed by atoms with Gasteiger partial charge in [0.1, 0.15) is 18.0 Å². The Labute approximate surface area is 164 Å².